The summed E-state index contributed by atoms with van der Waals surface area (Å²) in [7, 11) is 1.52. The van der Waals surface area contributed by atoms with Gasteiger partial charge in [-0.3, -0.25) is 14.7 Å². The highest BCUT2D eigenvalue weighted by molar-refractivity contribution is 5.70. The van der Waals surface area contributed by atoms with Gasteiger partial charge in [-0.05, 0) is 68.5 Å². The Labute approximate surface area is 216 Å². The maximum atomic E-state index is 14.9. The van der Waals surface area contributed by atoms with E-state index in [-0.39, 0.29) is 6.10 Å². The second kappa shape index (κ2) is 10.8. The number of carbonyl (C=O) groups is 1. The Kier molecular flexibility index (Phi) is 7.37. The van der Waals surface area contributed by atoms with E-state index < -0.39 is 17.7 Å². The summed E-state index contributed by atoms with van der Waals surface area (Å²) in [6.07, 6.45) is 5.33. The number of carboxylic acids is 1. The van der Waals surface area contributed by atoms with Gasteiger partial charge in [0.15, 0.2) is 0 Å². The SMILES string of the molecule is COc1cc(-c2ccc(C3CCc4ccc(CC(C)C(=O)O)cc4O3)nc2CN2CCCC2)c(F)cn1. The molecular weight excluding hydrogens is 473 g/mol. The third-order valence-corrected chi connectivity index (χ3v) is 7.27. The standard InChI is InChI=1S/C29H32FN3O4/c1-18(29(34)35)13-19-5-6-20-7-10-26(37-27(20)14-19)24-9-8-21(22-15-28(36-2)31-16-23(22)30)25(32-24)17-33-11-3-4-12-33/h5-6,8-9,14-16,18,26H,3-4,7,10-13,17H2,1-2H3,(H,34,35). The molecule has 2 unspecified atom stereocenters. The Balaban J connectivity index is 1.45. The minimum Gasteiger partial charge on any atom is -0.484 e. The van der Waals surface area contributed by atoms with Crippen molar-refractivity contribution in [3.63, 3.8) is 0 Å². The van der Waals surface area contributed by atoms with E-state index in [1.165, 1.54) is 13.3 Å². The molecule has 2 aliphatic rings. The minimum absolute atomic E-state index is 0.233. The zero-order valence-corrected chi connectivity index (χ0v) is 21.2. The lowest BCUT2D eigenvalue weighted by atomic mass is 9.95. The molecule has 2 atom stereocenters. The average molecular weight is 506 g/mol. The summed E-state index contributed by atoms with van der Waals surface area (Å²) in [4.78, 5) is 22.7. The van der Waals surface area contributed by atoms with E-state index in [1.807, 2.05) is 30.3 Å². The number of halogens is 1. The lowest BCUT2D eigenvalue weighted by Gasteiger charge is -2.27. The van der Waals surface area contributed by atoms with Crippen molar-refractivity contribution in [2.45, 2.75) is 51.7 Å². The van der Waals surface area contributed by atoms with Crippen LogP contribution in [0.15, 0.2) is 42.6 Å². The topological polar surface area (TPSA) is 84.8 Å². The highest BCUT2D eigenvalue weighted by Crippen LogP contribution is 2.37. The van der Waals surface area contributed by atoms with Crippen LogP contribution in [0.3, 0.4) is 0 Å². The first-order valence-corrected chi connectivity index (χ1v) is 12.8. The molecular formula is C29H32FN3O4. The highest BCUT2D eigenvalue weighted by Gasteiger charge is 2.26. The number of aryl methyl sites for hydroxylation is 1. The van der Waals surface area contributed by atoms with E-state index in [2.05, 4.69) is 9.88 Å². The smallest absolute Gasteiger partial charge is 0.306 e. The Bertz CT molecular complexity index is 1290. The van der Waals surface area contributed by atoms with Crippen molar-refractivity contribution in [2.24, 2.45) is 5.92 Å². The number of aromatic nitrogens is 2. The molecule has 8 heteroatoms. The van der Waals surface area contributed by atoms with Gasteiger partial charge in [0, 0.05) is 23.7 Å². The third-order valence-electron chi connectivity index (χ3n) is 7.27. The summed E-state index contributed by atoms with van der Waals surface area (Å²) < 4.78 is 26.5. The quantitative estimate of drug-likeness (QED) is 0.449. The number of rotatable bonds is 8. The van der Waals surface area contributed by atoms with E-state index in [0.717, 1.165) is 72.6 Å². The van der Waals surface area contributed by atoms with Crippen LogP contribution in [0, 0.1) is 11.7 Å². The van der Waals surface area contributed by atoms with Crippen molar-refractivity contribution >= 4 is 5.97 Å². The fourth-order valence-electron chi connectivity index (χ4n) is 5.14. The minimum atomic E-state index is -0.811. The van der Waals surface area contributed by atoms with Crippen LogP contribution in [0.1, 0.15) is 54.8 Å². The predicted octanol–water partition coefficient (Wildman–Crippen LogP) is 5.22. The van der Waals surface area contributed by atoms with Gasteiger partial charge in [-0.1, -0.05) is 25.1 Å². The van der Waals surface area contributed by atoms with Crippen LogP contribution in [0.2, 0.25) is 0 Å². The highest BCUT2D eigenvalue weighted by atomic mass is 19.1. The molecule has 0 saturated carbocycles. The Morgan fingerprint density at radius 2 is 2.03 bits per heavy atom. The molecule has 4 heterocycles. The lowest BCUT2D eigenvalue weighted by Crippen LogP contribution is -2.22. The van der Waals surface area contributed by atoms with Crippen LogP contribution in [-0.4, -0.2) is 46.1 Å². The monoisotopic (exact) mass is 505 g/mol. The zero-order valence-electron chi connectivity index (χ0n) is 21.2. The predicted molar refractivity (Wildman–Crippen MR) is 137 cm³/mol. The molecule has 0 radical (unpaired) electrons. The first-order chi connectivity index (χ1) is 17.9. The van der Waals surface area contributed by atoms with Gasteiger partial charge in [0.05, 0.1) is 30.6 Å². The average Bonchev–Trinajstić information content (AvgIpc) is 3.42. The molecule has 1 saturated heterocycles. The lowest BCUT2D eigenvalue weighted by molar-refractivity contribution is -0.141. The number of methoxy groups -OCH3 is 1. The Morgan fingerprint density at radius 3 is 2.78 bits per heavy atom. The van der Waals surface area contributed by atoms with Gasteiger partial charge >= 0.3 is 5.97 Å². The molecule has 3 aromatic rings. The first-order valence-electron chi connectivity index (χ1n) is 12.8. The number of likely N-dealkylation sites (tertiary alicyclic amines) is 1. The van der Waals surface area contributed by atoms with E-state index in [4.69, 9.17) is 14.5 Å². The molecule has 1 aromatic carbocycles. The Morgan fingerprint density at radius 1 is 1.22 bits per heavy atom. The van der Waals surface area contributed by atoms with Crippen LogP contribution in [0.5, 0.6) is 11.6 Å². The maximum absolute atomic E-state index is 14.9. The summed E-state index contributed by atoms with van der Waals surface area (Å²) in [5.41, 5.74) is 4.83. The van der Waals surface area contributed by atoms with E-state index in [0.29, 0.717) is 24.4 Å². The number of fused-ring (bicyclic) bond motifs is 1. The van der Waals surface area contributed by atoms with Gasteiger partial charge in [0.1, 0.15) is 17.7 Å². The van der Waals surface area contributed by atoms with Gasteiger partial charge < -0.3 is 14.6 Å². The van der Waals surface area contributed by atoms with Gasteiger partial charge in [-0.25, -0.2) is 9.37 Å². The fourth-order valence-corrected chi connectivity index (χ4v) is 5.14. The van der Waals surface area contributed by atoms with E-state index >= 15 is 0 Å². The van der Waals surface area contributed by atoms with E-state index in [9.17, 15) is 14.3 Å². The van der Waals surface area contributed by atoms with Crippen molar-refractivity contribution in [1.82, 2.24) is 14.9 Å². The van der Waals surface area contributed by atoms with Crippen molar-refractivity contribution in [3.8, 4) is 22.8 Å². The van der Waals surface area contributed by atoms with Crippen LogP contribution >= 0.6 is 0 Å². The molecule has 2 aliphatic heterocycles. The molecule has 7 nitrogen and oxygen atoms in total. The molecule has 0 aliphatic carbocycles. The molecule has 37 heavy (non-hydrogen) atoms. The number of pyridine rings is 2. The zero-order chi connectivity index (χ0) is 25.9. The number of hydrogen-bond donors (Lipinski definition) is 1. The summed E-state index contributed by atoms with van der Waals surface area (Å²) >= 11 is 0. The largest absolute Gasteiger partial charge is 0.484 e. The number of nitrogens with zero attached hydrogens (tertiary/aromatic N) is 3. The molecule has 2 aromatic heterocycles. The van der Waals surface area contributed by atoms with Gasteiger partial charge in [-0.2, -0.15) is 0 Å². The summed E-state index contributed by atoms with van der Waals surface area (Å²) in [6, 6.07) is 11.4. The number of aliphatic carboxylic acids is 1. The van der Waals surface area contributed by atoms with Gasteiger partial charge in [-0.15, -0.1) is 0 Å². The molecule has 0 bridgehead atoms. The van der Waals surface area contributed by atoms with Crippen molar-refractivity contribution < 1.29 is 23.8 Å². The molecule has 1 fully saturated rings. The second-order valence-electron chi connectivity index (χ2n) is 9.95. The maximum Gasteiger partial charge on any atom is 0.306 e. The van der Waals surface area contributed by atoms with Crippen LogP contribution in [0.25, 0.3) is 11.1 Å². The molecule has 194 valence electrons. The van der Waals surface area contributed by atoms with Crippen molar-refractivity contribution in [1.29, 1.82) is 0 Å². The normalized spacial score (nSPS) is 18.2. The second-order valence-corrected chi connectivity index (χ2v) is 9.95. The molecule has 1 N–H and O–H groups in total. The van der Waals surface area contributed by atoms with Crippen LogP contribution in [-0.2, 0) is 24.2 Å². The summed E-state index contributed by atoms with van der Waals surface area (Å²) in [5, 5.41) is 9.27. The van der Waals surface area contributed by atoms with Gasteiger partial charge in [0.25, 0.3) is 0 Å². The number of benzene rings is 1. The molecule has 0 amide bonds. The van der Waals surface area contributed by atoms with Crippen LogP contribution < -0.4 is 9.47 Å². The van der Waals surface area contributed by atoms with E-state index in [1.54, 1.807) is 13.0 Å². The number of carboxylic acid groups (broad SMARTS) is 1. The first kappa shape index (κ1) is 25.1. The van der Waals surface area contributed by atoms with Gasteiger partial charge in [0.2, 0.25) is 5.88 Å². The van der Waals surface area contributed by atoms with Crippen LogP contribution in [0.4, 0.5) is 4.39 Å². The summed E-state index contributed by atoms with van der Waals surface area (Å²) in [6.45, 7) is 4.34. The molecule has 0 spiro atoms. The number of ether oxygens (including phenoxy) is 2. The number of hydrogen-bond acceptors (Lipinski definition) is 6. The fraction of sp³-hybridized carbons (Fsp3) is 0.414. The van der Waals surface area contributed by atoms with Crippen molar-refractivity contribution in [3.05, 3.63) is 70.9 Å². The third kappa shape index (κ3) is 5.59. The van der Waals surface area contributed by atoms with Crippen molar-refractivity contribution in [2.75, 3.05) is 20.2 Å². The molecule has 5 rings (SSSR count). The Hall–Kier alpha value is -3.52. The summed E-state index contributed by atoms with van der Waals surface area (Å²) in [5.74, 6) is -0.554.